The van der Waals surface area contributed by atoms with Crippen molar-refractivity contribution < 1.29 is 0 Å². The zero-order chi connectivity index (χ0) is 14.5. The summed E-state index contributed by atoms with van der Waals surface area (Å²) in [7, 11) is 0. The van der Waals surface area contributed by atoms with Crippen molar-refractivity contribution in [3.63, 3.8) is 0 Å². The van der Waals surface area contributed by atoms with E-state index >= 15 is 0 Å². The number of para-hydroxylation sites is 1. The molecule has 1 N–H and O–H groups in total. The van der Waals surface area contributed by atoms with Gasteiger partial charge in [-0.05, 0) is 49.9 Å². The van der Waals surface area contributed by atoms with E-state index in [2.05, 4.69) is 36.5 Å². The number of benzene rings is 1. The predicted octanol–water partition coefficient (Wildman–Crippen LogP) is 4.64. The minimum absolute atomic E-state index is 0.812. The third kappa shape index (κ3) is 3.83. The average molecular weight is 302 g/mol. The van der Waals surface area contributed by atoms with E-state index in [1.807, 2.05) is 11.3 Å². The van der Waals surface area contributed by atoms with Crippen molar-refractivity contribution in [2.24, 2.45) is 11.8 Å². The van der Waals surface area contributed by atoms with Gasteiger partial charge < -0.3 is 5.32 Å². The summed E-state index contributed by atoms with van der Waals surface area (Å²) in [5, 5.41) is 4.91. The second-order valence-electron chi connectivity index (χ2n) is 6.25. The monoisotopic (exact) mass is 302 g/mol. The number of aromatic nitrogens is 1. The van der Waals surface area contributed by atoms with Gasteiger partial charge in [0.05, 0.1) is 15.2 Å². The van der Waals surface area contributed by atoms with E-state index < -0.39 is 0 Å². The first-order chi connectivity index (χ1) is 10.4. The normalized spacial score (nSPS) is 23.3. The molecule has 2 aromatic rings. The molecule has 2 unspecified atom stereocenters. The molecule has 21 heavy (non-hydrogen) atoms. The molecule has 114 valence electrons. The molecule has 0 bridgehead atoms. The van der Waals surface area contributed by atoms with E-state index in [-0.39, 0.29) is 0 Å². The van der Waals surface area contributed by atoms with Crippen LogP contribution in [0.25, 0.3) is 10.2 Å². The van der Waals surface area contributed by atoms with Gasteiger partial charge in [0.25, 0.3) is 0 Å². The highest BCUT2D eigenvalue weighted by atomic mass is 32.1. The number of thiazole rings is 1. The van der Waals surface area contributed by atoms with Crippen LogP contribution in [0.2, 0.25) is 0 Å². The van der Waals surface area contributed by atoms with Crippen molar-refractivity contribution in [3.8, 4) is 0 Å². The van der Waals surface area contributed by atoms with E-state index in [9.17, 15) is 0 Å². The highest BCUT2D eigenvalue weighted by Crippen LogP contribution is 2.33. The SMILES string of the molecule is CCNCC1CCCCCC1Cc1nc2ccccc2s1. The molecule has 1 saturated carbocycles. The van der Waals surface area contributed by atoms with Crippen molar-refractivity contribution >= 4 is 21.6 Å². The maximum Gasteiger partial charge on any atom is 0.0941 e. The topological polar surface area (TPSA) is 24.9 Å². The molecule has 3 heteroatoms. The summed E-state index contributed by atoms with van der Waals surface area (Å²) in [6.45, 7) is 4.48. The minimum Gasteiger partial charge on any atom is -0.317 e. The van der Waals surface area contributed by atoms with Crippen LogP contribution >= 0.6 is 11.3 Å². The summed E-state index contributed by atoms with van der Waals surface area (Å²) in [5.41, 5.74) is 1.18. The van der Waals surface area contributed by atoms with E-state index in [4.69, 9.17) is 4.98 Å². The molecule has 1 aliphatic carbocycles. The van der Waals surface area contributed by atoms with Gasteiger partial charge in [-0.2, -0.15) is 0 Å². The predicted molar refractivity (Wildman–Crippen MR) is 91.9 cm³/mol. The molecular weight excluding hydrogens is 276 g/mol. The van der Waals surface area contributed by atoms with Crippen LogP contribution in [0.5, 0.6) is 0 Å². The Bertz CT molecular complexity index is 530. The Labute approximate surface area is 132 Å². The standard InChI is InChI=1S/C18H26N2S/c1-2-19-13-15-9-5-3-4-8-14(15)12-18-20-16-10-6-7-11-17(16)21-18/h6-7,10-11,14-15,19H,2-5,8-9,12-13H2,1H3. The molecular formula is C18H26N2S. The lowest BCUT2D eigenvalue weighted by Crippen LogP contribution is -2.28. The fourth-order valence-corrected chi connectivity index (χ4v) is 4.62. The fraction of sp³-hybridized carbons (Fsp3) is 0.611. The number of nitrogens with zero attached hydrogens (tertiary/aromatic N) is 1. The molecule has 0 spiro atoms. The van der Waals surface area contributed by atoms with Crippen LogP contribution in [0.1, 0.15) is 44.0 Å². The smallest absolute Gasteiger partial charge is 0.0941 e. The molecule has 0 amide bonds. The van der Waals surface area contributed by atoms with Gasteiger partial charge >= 0.3 is 0 Å². The van der Waals surface area contributed by atoms with Gasteiger partial charge in [-0.3, -0.25) is 0 Å². The number of fused-ring (bicyclic) bond motifs is 1. The second-order valence-corrected chi connectivity index (χ2v) is 7.36. The van der Waals surface area contributed by atoms with Gasteiger partial charge in [0.15, 0.2) is 0 Å². The van der Waals surface area contributed by atoms with Crippen LogP contribution in [-0.2, 0) is 6.42 Å². The van der Waals surface area contributed by atoms with E-state index in [1.54, 1.807) is 0 Å². The maximum absolute atomic E-state index is 4.85. The molecule has 1 aromatic heterocycles. The molecule has 0 radical (unpaired) electrons. The molecule has 2 nitrogen and oxygen atoms in total. The number of hydrogen-bond donors (Lipinski definition) is 1. The van der Waals surface area contributed by atoms with E-state index in [0.717, 1.165) is 18.4 Å². The van der Waals surface area contributed by atoms with Crippen LogP contribution in [0, 0.1) is 11.8 Å². The van der Waals surface area contributed by atoms with Crippen LogP contribution in [0.15, 0.2) is 24.3 Å². The molecule has 0 aliphatic heterocycles. The number of rotatable bonds is 5. The summed E-state index contributed by atoms with van der Waals surface area (Å²) in [5.74, 6) is 1.64. The van der Waals surface area contributed by atoms with Crippen LogP contribution in [0.3, 0.4) is 0 Å². The lowest BCUT2D eigenvalue weighted by molar-refractivity contribution is 0.299. The molecule has 1 aromatic carbocycles. The first-order valence-electron chi connectivity index (χ1n) is 8.42. The Hall–Kier alpha value is -0.930. The van der Waals surface area contributed by atoms with Crippen LogP contribution in [0.4, 0.5) is 0 Å². The Kier molecular flexibility index (Phi) is 5.26. The third-order valence-corrected chi connectivity index (χ3v) is 5.81. The van der Waals surface area contributed by atoms with Crippen LogP contribution < -0.4 is 5.32 Å². The van der Waals surface area contributed by atoms with Crippen LogP contribution in [-0.4, -0.2) is 18.1 Å². The maximum atomic E-state index is 4.85. The molecule has 1 aliphatic rings. The first-order valence-corrected chi connectivity index (χ1v) is 9.23. The number of hydrogen-bond acceptors (Lipinski definition) is 3. The number of nitrogens with one attached hydrogen (secondary N) is 1. The van der Waals surface area contributed by atoms with Crippen molar-refractivity contribution in [3.05, 3.63) is 29.3 Å². The molecule has 2 atom stereocenters. The van der Waals surface area contributed by atoms with Gasteiger partial charge in [0, 0.05) is 6.42 Å². The lowest BCUT2D eigenvalue weighted by Gasteiger charge is -2.24. The van der Waals surface area contributed by atoms with Gasteiger partial charge in [-0.25, -0.2) is 4.98 Å². The fourth-order valence-electron chi connectivity index (χ4n) is 3.56. The Morgan fingerprint density at radius 1 is 1.14 bits per heavy atom. The minimum atomic E-state index is 0.812. The molecule has 1 heterocycles. The summed E-state index contributed by atoms with van der Waals surface area (Å²) in [6.07, 6.45) is 8.17. The summed E-state index contributed by atoms with van der Waals surface area (Å²) >= 11 is 1.89. The summed E-state index contributed by atoms with van der Waals surface area (Å²) in [4.78, 5) is 4.85. The Morgan fingerprint density at radius 3 is 2.76 bits per heavy atom. The first kappa shape index (κ1) is 15.0. The molecule has 1 fully saturated rings. The summed E-state index contributed by atoms with van der Waals surface area (Å²) in [6, 6.07) is 8.54. The van der Waals surface area contributed by atoms with Gasteiger partial charge in [-0.1, -0.05) is 38.3 Å². The van der Waals surface area contributed by atoms with Gasteiger partial charge in [0.1, 0.15) is 0 Å². The summed E-state index contributed by atoms with van der Waals surface area (Å²) < 4.78 is 1.34. The zero-order valence-corrected chi connectivity index (χ0v) is 13.8. The third-order valence-electron chi connectivity index (χ3n) is 4.75. The largest absolute Gasteiger partial charge is 0.317 e. The highest BCUT2D eigenvalue weighted by Gasteiger charge is 2.24. The van der Waals surface area contributed by atoms with Gasteiger partial charge in [0.2, 0.25) is 0 Å². The lowest BCUT2D eigenvalue weighted by atomic mass is 9.85. The van der Waals surface area contributed by atoms with Crippen molar-refractivity contribution in [1.82, 2.24) is 10.3 Å². The highest BCUT2D eigenvalue weighted by molar-refractivity contribution is 7.18. The van der Waals surface area contributed by atoms with E-state index in [1.165, 1.54) is 60.3 Å². The van der Waals surface area contributed by atoms with E-state index in [0.29, 0.717) is 0 Å². The van der Waals surface area contributed by atoms with Crippen molar-refractivity contribution in [1.29, 1.82) is 0 Å². The Morgan fingerprint density at radius 2 is 1.95 bits per heavy atom. The van der Waals surface area contributed by atoms with Crippen molar-refractivity contribution in [2.75, 3.05) is 13.1 Å². The molecule has 0 saturated heterocycles. The molecule has 3 rings (SSSR count). The quantitative estimate of drug-likeness (QED) is 0.814. The average Bonchev–Trinajstić information content (AvgIpc) is 2.78. The second kappa shape index (κ2) is 7.37. The zero-order valence-electron chi connectivity index (χ0n) is 13.0. The Balaban J connectivity index is 1.72. The van der Waals surface area contributed by atoms with Gasteiger partial charge in [-0.15, -0.1) is 11.3 Å². The van der Waals surface area contributed by atoms with Crippen molar-refractivity contribution in [2.45, 2.75) is 45.4 Å².